The Kier molecular flexibility index (Phi) is 7.40. The van der Waals surface area contributed by atoms with Crippen molar-refractivity contribution in [2.45, 2.75) is 0 Å². The average Bonchev–Trinajstić information content (AvgIpc) is 2.79. The van der Waals surface area contributed by atoms with E-state index in [4.69, 9.17) is 9.47 Å². The molecule has 2 amide bonds. The van der Waals surface area contributed by atoms with Crippen molar-refractivity contribution in [1.29, 1.82) is 0 Å². The number of hydrogen-bond acceptors (Lipinski definition) is 5. The van der Waals surface area contributed by atoms with Gasteiger partial charge in [-0.3, -0.25) is 9.59 Å². The number of methoxy groups -OCH3 is 2. The lowest BCUT2D eigenvalue weighted by atomic mass is 10.1. The second-order valence-corrected chi connectivity index (χ2v) is 7.17. The van der Waals surface area contributed by atoms with Gasteiger partial charge in [0.15, 0.2) is 0 Å². The van der Waals surface area contributed by atoms with Crippen LogP contribution in [0.3, 0.4) is 0 Å². The molecule has 0 heterocycles. The zero-order valence-electron chi connectivity index (χ0n) is 16.9. The highest BCUT2D eigenvalue weighted by molar-refractivity contribution is 9.10. The number of carbonyl (C=O) groups excluding carboxylic acids is 2. The Morgan fingerprint density at radius 2 is 1.68 bits per heavy atom. The fourth-order valence-electron chi connectivity index (χ4n) is 2.70. The monoisotopic (exact) mass is 481 g/mol. The molecule has 31 heavy (non-hydrogen) atoms. The Morgan fingerprint density at radius 1 is 0.935 bits per heavy atom. The summed E-state index contributed by atoms with van der Waals surface area (Å²) >= 11 is 3.36. The zero-order valence-corrected chi connectivity index (χ0v) is 18.5. The summed E-state index contributed by atoms with van der Waals surface area (Å²) < 4.78 is 11.2. The number of amides is 2. The first-order chi connectivity index (χ1) is 15.0. The predicted octanol–water partition coefficient (Wildman–Crippen LogP) is 4.48. The first kappa shape index (κ1) is 22.0. The van der Waals surface area contributed by atoms with Gasteiger partial charge in [0.1, 0.15) is 11.5 Å². The molecule has 0 aliphatic rings. The van der Waals surface area contributed by atoms with Crippen molar-refractivity contribution in [1.82, 2.24) is 5.43 Å². The molecule has 3 rings (SSSR count). The smallest absolute Gasteiger partial charge is 0.271 e. The van der Waals surface area contributed by atoms with Gasteiger partial charge in [-0.15, -0.1) is 0 Å². The Bertz CT molecular complexity index is 1110. The van der Waals surface area contributed by atoms with Gasteiger partial charge in [-0.05, 0) is 64.5 Å². The summed E-state index contributed by atoms with van der Waals surface area (Å²) in [6, 6.07) is 18.9. The van der Waals surface area contributed by atoms with E-state index in [1.54, 1.807) is 74.9 Å². The largest absolute Gasteiger partial charge is 0.497 e. The van der Waals surface area contributed by atoms with Crippen LogP contribution in [0, 0.1) is 0 Å². The highest BCUT2D eigenvalue weighted by atomic mass is 79.9. The van der Waals surface area contributed by atoms with E-state index in [9.17, 15) is 9.59 Å². The van der Waals surface area contributed by atoms with Crippen molar-refractivity contribution in [3.63, 3.8) is 0 Å². The number of carbonyl (C=O) groups is 2. The van der Waals surface area contributed by atoms with Crippen LogP contribution >= 0.6 is 15.9 Å². The lowest BCUT2D eigenvalue weighted by Crippen LogP contribution is -2.18. The number of benzene rings is 3. The number of ether oxygens (including phenoxy) is 2. The molecule has 158 valence electrons. The molecule has 0 aromatic heterocycles. The van der Waals surface area contributed by atoms with Crippen LogP contribution in [0.2, 0.25) is 0 Å². The fraction of sp³-hybridized carbons (Fsp3) is 0.0870. The third kappa shape index (κ3) is 5.70. The van der Waals surface area contributed by atoms with Gasteiger partial charge >= 0.3 is 0 Å². The van der Waals surface area contributed by atoms with E-state index < -0.39 is 0 Å². The van der Waals surface area contributed by atoms with Gasteiger partial charge in [0.05, 0.1) is 26.0 Å². The van der Waals surface area contributed by atoms with Crippen molar-refractivity contribution in [3.8, 4) is 11.5 Å². The van der Waals surface area contributed by atoms with Crippen LogP contribution in [0.1, 0.15) is 26.3 Å². The second kappa shape index (κ2) is 10.4. The minimum Gasteiger partial charge on any atom is -0.497 e. The summed E-state index contributed by atoms with van der Waals surface area (Å²) in [5, 5.41) is 6.78. The Balaban J connectivity index is 1.61. The number of hydrogen-bond donors (Lipinski definition) is 2. The standard InChI is InChI=1S/C23H20BrN3O4/c1-30-18-12-9-16(21(13-18)31-2)14-25-27-22(28)15-7-10-17(11-8-15)26-23(29)19-5-3-4-6-20(19)24/h3-14H,1-2H3,(H,26,29)(H,27,28). The van der Waals surface area contributed by atoms with Crippen LogP contribution in [0.15, 0.2) is 76.3 Å². The normalized spacial score (nSPS) is 10.5. The lowest BCUT2D eigenvalue weighted by molar-refractivity contribution is 0.0954. The van der Waals surface area contributed by atoms with Crippen LogP contribution in [0.4, 0.5) is 5.69 Å². The summed E-state index contributed by atoms with van der Waals surface area (Å²) in [5.74, 6) is 0.599. The maximum Gasteiger partial charge on any atom is 0.271 e. The van der Waals surface area contributed by atoms with Gasteiger partial charge in [0, 0.05) is 27.4 Å². The molecule has 0 bridgehead atoms. The van der Waals surface area contributed by atoms with Crippen molar-refractivity contribution >= 4 is 39.6 Å². The van der Waals surface area contributed by atoms with Gasteiger partial charge < -0.3 is 14.8 Å². The molecule has 3 aromatic carbocycles. The summed E-state index contributed by atoms with van der Waals surface area (Å²) in [5.41, 5.74) is 4.65. The van der Waals surface area contributed by atoms with Gasteiger partial charge in [0.2, 0.25) is 0 Å². The van der Waals surface area contributed by atoms with E-state index in [0.29, 0.717) is 38.3 Å². The van der Waals surface area contributed by atoms with Gasteiger partial charge in [-0.25, -0.2) is 5.43 Å². The number of hydrazone groups is 1. The minimum absolute atomic E-state index is 0.247. The Morgan fingerprint density at radius 3 is 2.35 bits per heavy atom. The molecule has 0 fully saturated rings. The van der Waals surface area contributed by atoms with Crippen molar-refractivity contribution in [2.75, 3.05) is 19.5 Å². The molecule has 8 heteroatoms. The maximum atomic E-state index is 12.4. The third-order valence-corrected chi connectivity index (χ3v) is 5.03. The van der Waals surface area contributed by atoms with Crippen molar-refractivity contribution in [3.05, 3.63) is 87.9 Å². The summed E-state index contributed by atoms with van der Waals surface area (Å²) in [6.45, 7) is 0. The first-order valence-corrected chi connectivity index (χ1v) is 10.0. The van der Waals surface area contributed by atoms with Crippen molar-refractivity contribution < 1.29 is 19.1 Å². The summed E-state index contributed by atoms with van der Waals surface area (Å²) in [6.07, 6.45) is 1.49. The molecular weight excluding hydrogens is 462 g/mol. The van der Waals surface area contributed by atoms with E-state index in [1.807, 2.05) is 6.07 Å². The molecule has 0 radical (unpaired) electrons. The fourth-order valence-corrected chi connectivity index (χ4v) is 3.16. The van der Waals surface area contributed by atoms with Crippen LogP contribution in [-0.2, 0) is 0 Å². The first-order valence-electron chi connectivity index (χ1n) is 9.23. The molecular formula is C23H20BrN3O4. The summed E-state index contributed by atoms with van der Waals surface area (Å²) in [4.78, 5) is 24.7. The van der Waals surface area contributed by atoms with E-state index in [1.165, 1.54) is 6.21 Å². The van der Waals surface area contributed by atoms with E-state index in [0.717, 1.165) is 0 Å². The molecule has 2 N–H and O–H groups in total. The van der Waals surface area contributed by atoms with Crippen molar-refractivity contribution in [2.24, 2.45) is 5.10 Å². The molecule has 0 atom stereocenters. The quantitative estimate of drug-likeness (QED) is 0.384. The minimum atomic E-state index is -0.382. The van der Waals surface area contributed by atoms with E-state index in [-0.39, 0.29) is 11.8 Å². The molecule has 0 saturated heterocycles. The Hall–Kier alpha value is -3.65. The maximum absolute atomic E-state index is 12.4. The van der Waals surface area contributed by atoms with Gasteiger partial charge in [-0.1, -0.05) is 12.1 Å². The number of nitrogens with zero attached hydrogens (tertiary/aromatic N) is 1. The van der Waals surface area contributed by atoms with Gasteiger partial charge in [0.25, 0.3) is 11.8 Å². The van der Waals surface area contributed by atoms with Crippen LogP contribution in [-0.4, -0.2) is 32.2 Å². The third-order valence-electron chi connectivity index (χ3n) is 4.33. The predicted molar refractivity (Wildman–Crippen MR) is 123 cm³/mol. The lowest BCUT2D eigenvalue weighted by Gasteiger charge is -2.08. The molecule has 3 aromatic rings. The number of halogens is 1. The zero-order chi connectivity index (χ0) is 22.2. The van der Waals surface area contributed by atoms with E-state index in [2.05, 4.69) is 31.8 Å². The molecule has 0 aliphatic carbocycles. The molecule has 0 unspecified atom stereocenters. The molecule has 0 aliphatic heterocycles. The Labute approximate surface area is 188 Å². The highest BCUT2D eigenvalue weighted by Gasteiger charge is 2.10. The molecule has 7 nitrogen and oxygen atoms in total. The van der Waals surface area contributed by atoms with Crippen LogP contribution in [0.25, 0.3) is 0 Å². The molecule has 0 saturated carbocycles. The SMILES string of the molecule is COc1ccc(C=NNC(=O)c2ccc(NC(=O)c3ccccc3Br)cc2)c(OC)c1. The second-order valence-electron chi connectivity index (χ2n) is 6.32. The topological polar surface area (TPSA) is 89.0 Å². The van der Waals surface area contributed by atoms with Crippen LogP contribution < -0.4 is 20.2 Å². The van der Waals surface area contributed by atoms with Gasteiger partial charge in [-0.2, -0.15) is 5.10 Å². The average molecular weight is 482 g/mol. The molecule has 0 spiro atoms. The number of rotatable bonds is 7. The summed E-state index contributed by atoms with van der Waals surface area (Å²) in [7, 11) is 3.11. The number of anilines is 1. The van der Waals surface area contributed by atoms with E-state index >= 15 is 0 Å². The highest BCUT2D eigenvalue weighted by Crippen LogP contribution is 2.23. The van der Waals surface area contributed by atoms with Crippen LogP contribution in [0.5, 0.6) is 11.5 Å². The number of nitrogens with one attached hydrogen (secondary N) is 2.